The van der Waals surface area contributed by atoms with Crippen molar-refractivity contribution in [3.63, 3.8) is 0 Å². The fourth-order valence-electron chi connectivity index (χ4n) is 3.78. The number of fused-ring (bicyclic) bond motifs is 4. The van der Waals surface area contributed by atoms with Crippen LogP contribution in [0.1, 0.15) is 28.8 Å². The maximum Gasteiger partial charge on any atom is 0.328 e. The van der Waals surface area contributed by atoms with Crippen molar-refractivity contribution in [2.75, 3.05) is 19.6 Å². The molecule has 4 heterocycles. The molecule has 30 heavy (non-hydrogen) atoms. The molecule has 3 saturated heterocycles. The highest BCUT2D eigenvalue weighted by atomic mass is 16.4. The van der Waals surface area contributed by atoms with Crippen molar-refractivity contribution in [2.24, 2.45) is 5.92 Å². The van der Waals surface area contributed by atoms with Crippen molar-refractivity contribution >= 4 is 28.8 Å². The third-order valence-corrected chi connectivity index (χ3v) is 5.30. The highest BCUT2D eigenvalue weighted by Crippen LogP contribution is 2.28. The lowest BCUT2D eigenvalue weighted by molar-refractivity contribution is -0.134. The molecule has 5 rings (SSSR count). The van der Waals surface area contributed by atoms with Crippen molar-refractivity contribution in [1.82, 2.24) is 10.2 Å². The van der Waals surface area contributed by atoms with Gasteiger partial charge in [0.1, 0.15) is 17.9 Å². The molecule has 3 N–H and O–H groups in total. The number of nitrogens with one attached hydrogen (secondary N) is 1. The van der Waals surface area contributed by atoms with E-state index in [2.05, 4.69) is 16.3 Å². The second kappa shape index (κ2) is 9.24. The molecule has 9 nitrogen and oxygen atoms in total. The van der Waals surface area contributed by atoms with Crippen LogP contribution in [0, 0.1) is 17.2 Å². The van der Waals surface area contributed by atoms with E-state index >= 15 is 0 Å². The number of rotatable bonds is 4. The summed E-state index contributed by atoms with van der Waals surface area (Å²) in [7, 11) is 0. The largest absolute Gasteiger partial charge is 0.478 e. The Bertz CT molecular complexity index is 1010. The molecule has 0 saturated carbocycles. The zero-order valence-electron chi connectivity index (χ0n) is 16.1. The number of furan rings is 1. The second-order valence-corrected chi connectivity index (χ2v) is 7.20. The van der Waals surface area contributed by atoms with Crippen molar-refractivity contribution < 1.29 is 29.0 Å². The molecular formula is C21H21N3O6. The minimum atomic E-state index is -1.26. The van der Waals surface area contributed by atoms with Crippen molar-refractivity contribution in [2.45, 2.75) is 18.9 Å². The minimum Gasteiger partial charge on any atom is -0.478 e. The van der Waals surface area contributed by atoms with Crippen molar-refractivity contribution in [1.29, 1.82) is 5.26 Å². The predicted molar refractivity (Wildman–Crippen MR) is 106 cm³/mol. The van der Waals surface area contributed by atoms with E-state index in [1.54, 1.807) is 18.2 Å². The Morgan fingerprint density at radius 3 is 2.37 bits per heavy atom. The van der Waals surface area contributed by atoms with Crippen molar-refractivity contribution in [3.05, 3.63) is 47.7 Å². The van der Waals surface area contributed by atoms with Crippen LogP contribution in [0.2, 0.25) is 0 Å². The van der Waals surface area contributed by atoms with Gasteiger partial charge in [0.15, 0.2) is 0 Å². The third kappa shape index (κ3) is 5.04. The van der Waals surface area contributed by atoms with Crippen LogP contribution in [0.3, 0.4) is 0 Å². The van der Waals surface area contributed by atoms with Crippen LogP contribution in [0.4, 0.5) is 0 Å². The molecule has 1 aromatic carbocycles. The van der Waals surface area contributed by atoms with E-state index < -0.39 is 11.9 Å². The predicted octanol–water partition coefficient (Wildman–Crippen LogP) is 1.84. The van der Waals surface area contributed by atoms with Gasteiger partial charge < -0.3 is 24.8 Å². The van der Waals surface area contributed by atoms with Gasteiger partial charge in [-0.3, -0.25) is 4.79 Å². The van der Waals surface area contributed by atoms with E-state index in [9.17, 15) is 14.4 Å². The Hall–Kier alpha value is -3.64. The Morgan fingerprint density at radius 1 is 1.17 bits per heavy atom. The molecule has 3 aliphatic rings. The summed E-state index contributed by atoms with van der Waals surface area (Å²) in [5, 5.41) is 28.6. The molecule has 1 atom stereocenters. The Balaban J connectivity index is 0.000000275. The second-order valence-electron chi connectivity index (χ2n) is 7.20. The van der Waals surface area contributed by atoms with Crippen LogP contribution in [-0.2, 0) is 9.59 Å². The molecule has 0 unspecified atom stereocenters. The number of piperidine rings is 3. The number of carboxylic acids is 2. The number of hydrogen-bond acceptors (Lipinski definition) is 6. The first-order valence-corrected chi connectivity index (χ1v) is 9.46. The fourth-order valence-corrected chi connectivity index (χ4v) is 3.78. The molecule has 0 radical (unpaired) electrons. The lowest BCUT2D eigenvalue weighted by atomic mass is 9.84. The number of amides is 1. The van der Waals surface area contributed by atoms with E-state index in [4.69, 9.17) is 19.9 Å². The first-order chi connectivity index (χ1) is 14.4. The summed E-state index contributed by atoms with van der Waals surface area (Å²) in [6.07, 6.45) is 4.89. The van der Waals surface area contributed by atoms with Gasteiger partial charge in [0.2, 0.25) is 0 Å². The number of hydrogen-bond donors (Lipinski definition) is 3. The molecule has 2 aromatic rings. The Kier molecular flexibility index (Phi) is 6.49. The molecule has 2 bridgehead atoms. The van der Waals surface area contributed by atoms with Crippen LogP contribution in [0.25, 0.3) is 11.0 Å². The van der Waals surface area contributed by atoms with Gasteiger partial charge >= 0.3 is 11.9 Å². The standard InChI is InChI=1S/C17H17N3O2.C4H4O4/c18-8-13-10-22-16-2-1-12(7-14(13)16)17(21)19-15-9-20-5-3-11(15)4-6-20;5-3(6)1-2-4(7)8/h1-2,7,10-11,15H,3-6,9H2,(H,19,21);1-2H,(H,5,6)(H,7,8)/t15-;/m0./s1. The third-order valence-electron chi connectivity index (χ3n) is 5.30. The van der Waals surface area contributed by atoms with Gasteiger partial charge in [0.05, 0.1) is 5.56 Å². The van der Waals surface area contributed by atoms with E-state index in [0.29, 0.717) is 40.2 Å². The van der Waals surface area contributed by atoms with Crippen LogP contribution in [0.5, 0.6) is 0 Å². The van der Waals surface area contributed by atoms with Gasteiger partial charge in [0, 0.05) is 35.7 Å². The van der Waals surface area contributed by atoms with E-state index in [-0.39, 0.29) is 11.9 Å². The van der Waals surface area contributed by atoms with Gasteiger partial charge in [-0.25, -0.2) is 9.59 Å². The normalized spacial score (nSPS) is 22.2. The molecule has 9 heteroatoms. The summed E-state index contributed by atoms with van der Waals surface area (Å²) in [4.78, 5) is 34.0. The lowest BCUT2D eigenvalue weighted by Crippen LogP contribution is -2.57. The summed E-state index contributed by atoms with van der Waals surface area (Å²) >= 11 is 0. The number of carbonyl (C=O) groups excluding carboxylic acids is 1. The topological polar surface area (TPSA) is 144 Å². The van der Waals surface area contributed by atoms with E-state index in [0.717, 1.165) is 19.6 Å². The summed E-state index contributed by atoms with van der Waals surface area (Å²) in [6, 6.07) is 7.58. The summed E-state index contributed by atoms with van der Waals surface area (Å²) in [5.74, 6) is -1.98. The number of nitriles is 1. The number of carbonyl (C=O) groups is 3. The number of aliphatic carboxylic acids is 2. The average Bonchev–Trinajstić information content (AvgIpc) is 3.16. The highest BCUT2D eigenvalue weighted by molar-refractivity contribution is 5.99. The maximum absolute atomic E-state index is 12.5. The molecule has 3 aliphatic heterocycles. The number of benzene rings is 1. The molecule has 3 fully saturated rings. The van der Waals surface area contributed by atoms with Crippen LogP contribution in [-0.4, -0.2) is 58.6 Å². The Morgan fingerprint density at radius 2 is 1.83 bits per heavy atom. The Labute approximate surface area is 172 Å². The molecule has 1 amide bonds. The van der Waals surface area contributed by atoms with Gasteiger partial charge in [-0.2, -0.15) is 5.26 Å². The number of carboxylic acid groups (broad SMARTS) is 2. The zero-order chi connectivity index (χ0) is 21.7. The highest BCUT2D eigenvalue weighted by Gasteiger charge is 2.34. The summed E-state index contributed by atoms with van der Waals surface area (Å²) < 4.78 is 5.30. The summed E-state index contributed by atoms with van der Waals surface area (Å²) in [6.45, 7) is 3.26. The zero-order valence-corrected chi connectivity index (χ0v) is 16.1. The van der Waals surface area contributed by atoms with Gasteiger partial charge in [-0.1, -0.05) is 0 Å². The fraction of sp³-hybridized carbons (Fsp3) is 0.333. The maximum atomic E-state index is 12.5. The minimum absolute atomic E-state index is 0.0641. The lowest BCUT2D eigenvalue weighted by Gasteiger charge is -2.44. The molecular weight excluding hydrogens is 390 g/mol. The summed E-state index contributed by atoms with van der Waals surface area (Å²) in [5.41, 5.74) is 1.69. The first kappa shape index (κ1) is 21.1. The average molecular weight is 411 g/mol. The molecule has 0 spiro atoms. The van der Waals surface area contributed by atoms with E-state index in [1.807, 2.05) is 0 Å². The van der Waals surface area contributed by atoms with Crippen LogP contribution >= 0.6 is 0 Å². The first-order valence-electron chi connectivity index (χ1n) is 9.46. The smallest absolute Gasteiger partial charge is 0.328 e. The van der Waals surface area contributed by atoms with E-state index in [1.165, 1.54) is 19.1 Å². The van der Waals surface area contributed by atoms with Crippen LogP contribution < -0.4 is 5.32 Å². The van der Waals surface area contributed by atoms with Crippen LogP contribution in [0.15, 0.2) is 41.0 Å². The number of nitrogens with zero attached hydrogens (tertiary/aromatic N) is 2. The monoisotopic (exact) mass is 411 g/mol. The quantitative estimate of drug-likeness (QED) is 0.647. The van der Waals surface area contributed by atoms with Gasteiger partial charge in [0.25, 0.3) is 5.91 Å². The van der Waals surface area contributed by atoms with Gasteiger partial charge in [-0.05, 0) is 50.0 Å². The van der Waals surface area contributed by atoms with Crippen molar-refractivity contribution in [3.8, 4) is 6.07 Å². The van der Waals surface area contributed by atoms with Gasteiger partial charge in [-0.15, -0.1) is 0 Å². The SMILES string of the molecule is N#Cc1coc2ccc(C(=O)N[C@H]3CN4CCC3CC4)cc12.O=C(O)C=CC(=O)O. The molecule has 0 aliphatic carbocycles. The molecule has 156 valence electrons. The molecule has 1 aromatic heterocycles.